The summed E-state index contributed by atoms with van der Waals surface area (Å²) < 4.78 is 8.40. The molecule has 0 aliphatic carbocycles. The average molecular weight is 460 g/mol. The van der Waals surface area contributed by atoms with Gasteiger partial charge < -0.3 is 10.1 Å². The number of ether oxygens (including phenoxy) is 1. The molecule has 1 N–H and O–H groups in total. The number of aryl methyl sites for hydroxylation is 2. The first-order valence-electron chi connectivity index (χ1n) is 9.29. The Kier molecular flexibility index (Phi) is 4.28. The minimum Gasteiger partial charge on any atom is -0.493 e. The van der Waals surface area contributed by atoms with Crippen molar-refractivity contribution in [3.63, 3.8) is 0 Å². The van der Waals surface area contributed by atoms with E-state index < -0.39 is 0 Å². The van der Waals surface area contributed by atoms with E-state index in [1.165, 1.54) is 11.3 Å². The predicted molar refractivity (Wildman–Crippen MR) is 111 cm³/mol. The Morgan fingerprint density at radius 1 is 1.43 bits per heavy atom. The van der Waals surface area contributed by atoms with Crippen molar-refractivity contribution in [1.29, 1.82) is 0 Å². The van der Waals surface area contributed by atoms with Crippen molar-refractivity contribution >= 4 is 43.4 Å². The molecular formula is C20H18BrN3O3S. The van der Waals surface area contributed by atoms with E-state index in [-0.39, 0.29) is 17.5 Å². The number of carbonyl (C=O) groups is 1. The molecule has 1 amide bonds. The van der Waals surface area contributed by atoms with Crippen molar-refractivity contribution < 1.29 is 9.53 Å². The van der Waals surface area contributed by atoms with Crippen LogP contribution in [0.3, 0.4) is 0 Å². The molecule has 8 heteroatoms. The molecule has 4 heterocycles. The molecule has 28 heavy (non-hydrogen) atoms. The standard InChI is InChI=1S/C20H18BrN3O3S/c1-10-16-19(23-15-3-2-7-24(15)20(16)26)28-17(10)18(25)22-13-6-8-27-14-5-4-11(21)9-12(13)14/h4-5,9,13H,2-3,6-8H2,1H3,(H,22,25). The summed E-state index contributed by atoms with van der Waals surface area (Å²) in [6.07, 6.45) is 2.47. The highest BCUT2D eigenvalue weighted by molar-refractivity contribution is 9.10. The average Bonchev–Trinajstić information content (AvgIpc) is 3.27. The number of nitrogens with one attached hydrogen (secondary N) is 1. The molecule has 2 aromatic heterocycles. The minimum atomic E-state index is -0.164. The Labute approximate surface area is 173 Å². The predicted octanol–water partition coefficient (Wildman–Crippen LogP) is 3.73. The first kappa shape index (κ1) is 17.9. The summed E-state index contributed by atoms with van der Waals surface area (Å²) in [5, 5.41) is 3.71. The van der Waals surface area contributed by atoms with Crippen LogP contribution in [-0.2, 0) is 13.0 Å². The number of nitrogens with zero attached hydrogens (tertiary/aromatic N) is 2. The molecule has 5 rings (SSSR count). The van der Waals surface area contributed by atoms with Gasteiger partial charge in [0.2, 0.25) is 0 Å². The molecule has 2 aliphatic heterocycles. The van der Waals surface area contributed by atoms with Crippen LogP contribution in [0.15, 0.2) is 27.5 Å². The highest BCUT2D eigenvalue weighted by Crippen LogP contribution is 2.35. The third-order valence-corrected chi connectivity index (χ3v) is 7.11. The number of hydrogen-bond donors (Lipinski definition) is 1. The van der Waals surface area contributed by atoms with Gasteiger partial charge in [0.25, 0.3) is 11.5 Å². The van der Waals surface area contributed by atoms with E-state index in [0.29, 0.717) is 34.7 Å². The van der Waals surface area contributed by atoms with Gasteiger partial charge in [0.15, 0.2) is 0 Å². The molecule has 1 unspecified atom stereocenters. The number of aromatic nitrogens is 2. The molecule has 3 aromatic rings. The Morgan fingerprint density at radius 2 is 2.29 bits per heavy atom. The second kappa shape index (κ2) is 6.70. The van der Waals surface area contributed by atoms with Crippen LogP contribution in [0.5, 0.6) is 5.75 Å². The number of hydrogen-bond acceptors (Lipinski definition) is 5. The van der Waals surface area contributed by atoms with Gasteiger partial charge in [-0.1, -0.05) is 15.9 Å². The van der Waals surface area contributed by atoms with Crippen molar-refractivity contribution in [1.82, 2.24) is 14.9 Å². The van der Waals surface area contributed by atoms with Gasteiger partial charge in [-0.05, 0) is 37.1 Å². The zero-order chi connectivity index (χ0) is 19.4. The van der Waals surface area contributed by atoms with Gasteiger partial charge in [-0.3, -0.25) is 14.2 Å². The van der Waals surface area contributed by atoms with Gasteiger partial charge in [-0.15, -0.1) is 11.3 Å². The molecule has 0 spiro atoms. The SMILES string of the molecule is Cc1c(C(=O)NC2CCOc3ccc(Br)cc32)sc2nc3n(c(=O)c12)CCC3. The lowest BCUT2D eigenvalue weighted by Gasteiger charge is -2.26. The van der Waals surface area contributed by atoms with Gasteiger partial charge in [0.1, 0.15) is 16.4 Å². The van der Waals surface area contributed by atoms with Gasteiger partial charge in [-0.25, -0.2) is 4.98 Å². The zero-order valence-electron chi connectivity index (χ0n) is 15.3. The molecule has 0 saturated heterocycles. The van der Waals surface area contributed by atoms with E-state index in [2.05, 4.69) is 26.2 Å². The maximum absolute atomic E-state index is 13.1. The van der Waals surface area contributed by atoms with Crippen LogP contribution in [0.1, 0.15) is 45.5 Å². The Morgan fingerprint density at radius 3 is 3.14 bits per heavy atom. The highest BCUT2D eigenvalue weighted by Gasteiger charge is 2.27. The highest BCUT2D eigenvalue weighted by atomic mass is 79.9. The smallest absolute Gasteiger partial charge is 0.262 e. The molecule has 0 fully saturated rings. The van der Waals surface area contributed by atoms with Crippen molar-refractivity contribution in [3.8, 4) is 5.75 Å². The summed E-state index contributed by atoms with van der Waals surface area (Å²) >= 11 is 4.79. The summed E-state index contributed by atoms with van der Waals surface area (Å²) in [5.41, 5.74) is 1.66. The number of carbonyl (C=O) groups excluding carboxylic acids is 1. The molecule has 1 aromatic carbocycles. The second-order valence-corrected chi connectivity index (χ2v) is 9.08. The van der Waals surface area contributed by atoms with Gasteiger partial charge >= 0.3 is 0 Å². The largest absolute Gasteiger partial charge is 0.493 e. The molecule has 0 saturated carbocycles. The fourth-order valence-electron chi connectivity index (χ4n) is 4.03. The molecule has 0 radical (unpaired) electrons. The van der Waals surface area contributed by atoms with Crippen LogP contribution in [0.2, 0.25) is 0 Å². The Hall–Kier alpha value is -2.19. The molecule has 6 nitrogen and oxygen atoms in total. The van der Waals surface area contributed by atoms with E-state index in [4.69, 9.17) is 4.74 Å². The van der Waals surface area contributed by atoms with Crippen LogP contribution < -0.4 is 15.6 Å². The maximum Gasteiger partial charge on any atom is 0.262 e. The molecule has 1 atom stereocenters. The number of rotatable bonds is 2. The Bertz CT molecular complexity index is 1180. The molecule has 0 bridgehead atoms. The lowest BCUT2D eigenvalue weighted by Crippen LogP contribution is -2.32. The van der Waals surface area contributed by atoms with Crippen LogP contribution in [-0.4, -0.2) is 22.1 Å². The van der Waals surface area contributed by atoms with E-state index in [9.17, 15) is 9.59 Å². The van der Waals surface area contributed by atoms with Crippen LogP contribution in [0, 0.1) is 6.92 Å². The van der Waals surface area contributed by atoms with E-state index in [0.717, 1.165) is 40.0 Å². The minimum absolute atomic E-state index is 0.0226. The maximum atomic E-state index is 13.1. The summed E-state index contributed by atoms with van der Waals surface area (Å²) in [6.45, 7) is 3.11. The second-order valence-electron chi connectivity index (χ2n) is 7.17. The summed E-state index contributed by atoms with van der Waals surface area (Å²) in [5.74, 6) is 1.46. The zero-order valence-corrected chi connectivity index (χ0v) is 17.7. The summed E-state index contributed by atoms with van der Waals surface area (Å²) in [6, 6.07) is 5.69. The monoisotopic (exact) mass is 459 g/mol. The topological polar surface area (TPSA) is 73.2 Å². The number of benzene rings is 1. The van der Waals surface area contributed by atoms with Gasteiger partial charge in [0, 0.05) is 29.4 Å². The number of fused-ring (bicyclic) bond motifs is 3. The third kappa shape index (κ3) is 2.78. The normalized spacial score (nSPS) is 17.9. The van der Waals surface area contributed by atoms with Gasteiger partial charge in [-0.2, -0.15) is 0 Å². The van der Waals surface area contributed by atoms with Crippen molar-refractivity contribution in [3.05, 3.63) is 54.9 Å². The number of halogens is 1. The van der Waals surface area contributed by atoms with E-state index >= 15 is 0 Å². The van der Waals surface area contributed by atoms with Crippen molar-refractivity contribution in [2.45, 2.75) is 38.8 Å². The fourth-order valence-corrected chi connectivity index (χ4v) is 5.50. The van der Waals surface area contributed by atoms with Crippen LogP contribution in [0.4, 0.5) is 0 Å². The lowest BCUT2D eigenvalue weighted by molar-refractivity contribution is 0.0928. The van der Waals surface area contributed by atoms with Gasteiger partial charge in [0.05, 0.1) is 22.9 Å². The number of thiophene rings is 1. The van der Waals surface area contributed by atoms with Crippen LogP contribution >= 0.6 is 27.3 Å². The molecular weight excluding hydrogens is 442 g/mol. The third-order valence-electron chi connectivity index (χ3n) is 5.43. The van der Waals surface area contributed by atoms with Crippen molar-refractivity contribution in [2.24, 2.45) is 0 Å². The number of amides is 1. The van der Waals surface area contributed by atoms with E-state index in [1.54, 1.807) is 4.57 Å². The fraction of sp³-hybridized carbons (Fsp3) is 0.350. The molecule has 144 valence electrons. The first-order chi connectivity index (χ1) is 13.5. The van der Waals surface area contributed by atoms with Crippen LogP contribution in [0.25, 0.3) is 10.2 Å². The van der Waals surface area contributed by atoms with Crippen molar-refractivity contribution in [2.75, 3.05) is 6.61 Å². The molecule has 2 aliphatic rings. The summed E-state index contributed by atoms with van der Waals surface area (Å²) in [4.78, 5) is 31.8. The Balaban J connectivity index is 1.51. The first-order valence-corrected chi connectivity index (χ1v) is 10.9. The lowest BCUT2D eigenvalue weighted by atomic mass is 10.0. The van der Waals surface area contributed by atoms with E-state index in [1.807, 2.05) is 25.1 Å². The summed E-state index contributed by atoms with van der Waals surface area (Å²) in [7, 11) is 0. The quantitative estimate of drug-likeness (QED) is 0.633.